The van der Waals surface area contributed by atoms with Gasteiger partial charge >= 0.3 is 0 Å². The highest BCUT2D eigenvalue weighted by Gasteiger charge is 2.17. The first-order chi connectivity index (χ1) is 9.08. The summed E-state index contributed by atoms with van der Waals surface area (Å²) in [5.74, 6) is 0.901. The van der Waals surface area contributed by atoms with Gasteiger partial charge in [0, 0.05) is 4.88 Å². The summed E-state index contributed by atoms with van der Waals surface area (Å²) >= 11 is 1.62. The van der Waals surface area contributed by atoms with Crippen LogP contribution in [0.15, 0.2) is 23.6 Å². The molecule has 0 radical (unpaired) electrons. The number of aryl methyl sites for hydroxylation is 3. The Balaban J connectivity index is 2.42. The van der Waals surface area contributed by atoms with Gasteiger partial charge in [-0.1, -0.05) is 6.92 Å². The smallest absolute Gasteiger partial charge is 0.124 e. The van der Waals surface area contributed by atoms with Crippen molar-refractivity contribution in [1.29, 1.82) is 0 Å². The molecule has 102 valence electrons. The minimum Gasteiger partial charge on any atom is -0.496 e. The molecule has 0 aliphatic carbocycles. The lowest BCUT2D eigenvalue weighted by Gasteiger charge is -2.16. The number of hydrogen-bond acceptors (Lipinski definition) is 3. The molecule has 19 heavy (non-hydrogen) atoms. The number of benzene rings is 1. The summed E-state index contributed by atoms with van der Waals surface area (Å²) in [7, 11) is 1.68. The number of thiophene rings is 1. The van der Waals surface area contributed by atoms with Crippen LogP contribution in [-0.4, -0.2) is 12.2 Å². The Kier molecular flexibility index (Phi) is 4.27. The number of ether oxygens (including phenoxy) is 1. The molecule has 1 atom stereocenters. The second-order valence-corrected chi connectivity index (χ2v) is 5.70. The summed E-state index contributed by atoms with van der Waals surface area (Å²) in [6.07, 6.45) is 0.405. The van der Waals surface area contributed by atoms with Crippen molar-refractivity contribution in [2.75, 3.05) is 7.11 Å². The number of rotatable bonds is 4. The largest absolute Gasteiger partial charge is 0.496 e. The zero-order chi connectivity index (χ0) is 14.0. The predicted octanol–water partition coefficient (Wildman–Crippen LogP) is 4.02. The second-order valence-electron chi connectivity index (χ2n) is 4.75. The molecule has 0 fully saturated rings. The average molecular weight is 276 g/mol. The number of aliphatic hydroxyl groups is 1. The normalized spacial score (nSPS) is 12.5. The van der Waals surface area contributed by atoms with Crippen molar-refractivity contribution in [3.8, 4) is 5.75 Å². The van der Waals surface area contributed by atoms with E-state index in [4.69, 9.17) is 4.74 Å². The molecule has 2 nitrogen and oxygen atoms in total. The summed E-state index contributed by atoms with van der Waals surface area (Å²) in [5, 5.41) is 12.6. The SMILES string of the molecule is CCc1ccsc1C(O)c1cc(C)c(OC)c(C)c1. The highest BCUT2D eigenvalue weighted by Crippen LogP contribution is 2.33. The molecule has 1 unspecified atom stereocenters. The van der Waals surface area contributed by atoms with E-state index in [0.29, 0.717) is 0 Å². The van der Waals surface area contributed by atoms with Gasteiger partial charge in [0.2, 0.25) is 0 Å². The fourth-order valence-electron chi connectivity index (χ4n) is 2.49. The van der Waals surface area contributed by atoms with Crippen molar-refractivity contribution in [3.05, 3.63) is 50.7 Å². The van der Waals surface area contributed by atoms with Crippen LogP contribution in [0.25, 0.3) is 0 Å². The van der Waals surface area contributed by atoms with E-state index >= 15 is 0 Å². The van der Waals surface area contributed by atoms with Gasteiger partial charge in [0.15, 0.2) is 0 Å². The molecule has 2 rings (SSSR count). The Morgan fingerprint density at radius 1 is 1.26 bits per heavy atom. The van der Waals surface area contributed by atoms with Crippen molar-refractivity contribution >= 4 is 11.3 Å². The molecule has 0 spiro atoms. The number of aliphatic hydroxyl groups excluding tert-OH is 1. The van der Waals surface area contributed by atoms with Gasteiger partial charge in [0.1, 0.15) is 11.9 Å². The van der Waals surface area contributed by atoms with E-state index in [0.717, 1.165) is 33.7 Å². The maximum absolute atomic E-state index is 10.6. The molecule has 1 N–H and O–H groups in total. The first kappa shape index (κ1) is 14.1. The molecule has 0 saturated carbocycles. The minimum absolute atomic E-state index is 0.543. The van der Waals surface area contributed by atoms with Gasteiger partial charge in [-0.3, -0.25) is 0 Å². The Morgan fingerprint density at radius 3 is 2.42 bits per heavy atom. The fraction of sp³-hybridized carbons (Fsp3) is 0.375. The lowest BCUT2D eigenvalue weighted by molar-refractivity contribution is 0.223. The molecule has 2 aromatic rings. The van der Waals surface area contributed by atoms with Gasteiger partial charge < -0.3 is 9.84 Å². The molecular weight excluding hydrogens is 256 g/mol. The van der Waals surface area contributed by atoms with Crippen LogP contribution < -0.4 is 4.74 Å². The van der Waals surface area contributed by atoms with E-state index in [1.807, 2.05) is 31.4 Å². The third-order valence-electron chi connectivity index (χ3n) is 3.41. The van der Waals surface area contributed by atoms with Crippen molar-refractivity contribution in [3.63, 3.8) is 0 Å². The van der Waals surface area contributed by atoms with Crippen LogP contribution >= 0.6 is 11.3 Å². The molecule has 0 amide bonds. The maximum atomic E-state index is 10.6. The molecule has 0 aliphatic heterocycles. The van der Waals surface area contributed by atoms with Crippen LogP contribution in [0.5, 0.6) is 5.75 Å². The minimum atomic E-state index is -0.543. The standard InChI is InChI=1S/C16H20O2S/c1-5-12-6-7-19-16(12)14(17)13-8-10(2)15(18-4)11(3)9-13/h6-9,14,17H,5H2,1-4H3. The van der Waals surface area contributed by atoms with E-state index in [9.17, 15) is 5.11 Å². The van der Waals surface area contributed by atoms with Gasteiger partial charge in [-0.05, 0) is 66.1 Å². The highest BCUT2D eigenvalue weighted by molar-refractivity contribution is 7.10. The Labute approximate surface area is 118 Å². The lowest BCUT2D eigenvalue weighted by atomic mass is 9.99. The number of hydrogen-bond donors (Lipinski definition) is 1. The van der Waals surface area contributed by atoms with E-state index in [1.54, 1.807) is 18.4 Å². The topological polar surface area (TPSA) is 29.5 Å². The van der Waals surface area contributed by atoms with Crippen LogP contribution in [0.1, 0.15) is 40.2 Å². The summed E-state index contributed by atoms with van der Waals surface area (Å²) < 4.78 is 5.37. The molecule has 3 heteroatoms. The molecule has 1 aromatic heterocycles. The molecule has 0 aliphatic rings. The molecule has 1 aromatic carbocycles. The van der Waals surface area contributed by atoms with Gasteiger partial charge in [-0.25, -0.2) is 0 Å². The predicted molar refractivity (Wildman–Crippen MR) is 80.2 cm³/mol. The zero-order valence-corrected chi connectivity index (χ0v) is 12.7. The van der Waals surface area contributed by atoms with Crippen molar-refractivity contribution < 1.29 is 9.84 Å². The summed E-state index contributed by atoms with van der Waals surface area (Å²) in [6.45, 7) is 6.14. The third-order valence-corrected chi connectivity index (χ3v) is 4.42. The summed E-state index contributed by atoms with van der Waals surface area (Å²) in [4.78, 5) is 1.05. The van der Waals surface area contributed by atoms with E-state index in [2.05, 4.69) is 13.0 Å². The Bertz CT molecular complexity index is 549. The molecular formula is C16H20O2S. The molecule has 1 heterocycles. The quantitative estimate of drug-likeness (QED) is 0.914. The highest BCUT2D eigenvalue weighted by atomic mass is 32.1. The lowest BCUT2D eigenvalue weighted by Crippen LogP contribution is -2.02. The second kappa shape index (κ2) is 5.76. The van der Waals surface area contributed by atoms with Crippen LogP contribution in [0.3, 0.4) is 0 Å². The fourth-order valence-corrected chi connectivity index (χ4v) is 3.50. The van der Waals surface area contributed by atoms with E-state index in [-0.39, 0.29) is 0 Å². The van der Waals surface area contributed by atoms with Crippen molar-refractivity contribution in [2.45, 2.75) is 33.3 Å². The third kappa shape index (κ3) is 2.67. The Hall–Kier alpha value is -1.32. The zero-order valence-electron chi connectivity index (χ0n) is 11.9. The van der Waals surface area contributed by atoms with E-state index < -0.39 is 6.10 Å². The van der Waals surface area contributed by atoms with Gasteiger partial charge in [-0.15, -0.1) is 11.3 Å². The summed E-state index contributed by atoms with van der Waals surface area (Å²) in [6, 6.07) is 6.11. The molecule has 0 saturated heterocycles. The number of methoxy groups -OCH3 is 1. The first-order valence-corrected chi connectivity index (χ1v) is 7.35. The van der Waals surface area contributed by atoms with Crippen LogP contribution in [-0.2, 0) is 6.42 Å². The van der Waals surface area contributed by atoms with E-state index in [1.165, 1.54) is 5.56 Å². The van der Waals surface area contributed by atoms with Crippen molar-refractivity contribution in [2.24, 2.45) is 0 Å². The van der Waals surface area contributed by atoms with Crippen molar-refractivity contribution in [1.82, 2.24) is 0 Å². The van der Waals surface area contributed by atoms with Gasteiger partial charge in [-0.2, -0.15) is 0 Å². The van der Waals surface area contributed by atoms with Gasteiger partial charge in [0.25, 0.3) is 0 Å². The van der Waals surface area contributed by atoms with Crippen LogP contribution in [0.2, 0.25) is 0 Å². The van der Waals surface area contributed by atoms with Crippen LogP contribution in [0.4, 0.5) is 0 Å². The van der Waals surface area contributed by atoms with Gasteiger partial charge in [0.05, 0.1) is 7.11 Å². The summed E-state index contributed by atoms with van der Waals surface area (Å²) in [5.41, 5.74) is 4.29. The Morgan fingerprint density at radius 2 is 1.89 bits per heavy atom. The van der Waals surface area contributed by atoms with Crippen LogP contribution in [0, 0.1) is 13.8 Å². The maximum Gasteiger partial charge on any atom is 0.124 e. The first-order valence-electron chi connectivity index (χ1n) is 6.48. The average Bonchev–Trinajstić information content (AvgIpc) is 2.85. The molecule has 0 bridgehead atoms. The monoisotopic (exact) mass is 276 g/mol.